The highest BCUT2D eigenvalue weighted by atomic mass is 16.6. The minimum absolute atomic E-state index is 0.0726. The molecule has 0 N–H and O–H groups in total. The summed E-state index contributed by atoms with van der Waals surface area (Å²) in [5.74, 6) is -0.873. The molecule has 0 aliphatic carbocycles. The second-order valence-corrected chi connectivity index (χ2v) is 17.4. The van der Waals surface area contributed by atoms with Gasteiger partial charge in [-0.15, -0.1) is 0 Å². The Labute approximate surface area is 366 Å². The summed E-state index contributed by atoms with van der Waals surface area (Å²) >= 11 is 0. The van der Waals surface area contributed by atoms with Crippen molar-refractivity contribution in [3.8, 4) is 0 Å². The van der Waals surface area contributed by atoms with E-state index in [0.29, 0.717) is 19.3 Å². The van der Waals surface area contributed by atoms with Crippen molar-refractivity contribution in [2.75, 3.05) is 13.2 Å². The van der Waals surface area contributed by atoms with E-state index in [2.05, 4.69) is 45.1 Å². The van der Waals surface area contributed by atoms with Crippen LogP contribution in [0.4, 0.5) is 0 Å². The van der Waals surface area contributed by atoms with Crippen molar-refractivity contribution in [2.24, 2.45) is 0 Å². The van der Waals surface area contributed by atoms with E-state index in [1.807, 2.05) is 0 Å². The van der Waals surface area contributed by atoms with Crippen molar-refractivity contribution in [3.05, 3.63) is 24.3 Å². The molecular weight excluding hydrogens is 733 g/mol. The molecule has 0 fully saturated rings. The fourth-order valence-electron chi connectivity index (χ4n) is 7.49. The smallest absolute Gasteiger partial charge is 0.306 e. The average Bonchev–Trinajstić information content (AvgIpc) is 3.23. The van der Waals surface area contributed by atoms with E-state index in [1.165, 1.54) is 173 Å². The Morgan fingerprint density at radius 3 is 0.864 bits per heavy atom. The SMILES string of the molecule is CCCCCC/C=C\CCCCCCCCCC(=O)OC[C@@H](COC(=O)CCCCCCC/C=C\CCCCCC)OC(=O)CCCCCCCCCCCCCCC. The van der Waals surface area contributed by atoms with Crippen LogP contribution in [0.3, 0.4) is 0 Å². The van der Waals surface area contributed by atoms with Gasteiger partial charge in [0.1, 0.15) is 13.2 Å². The Kier molecular flexibility index (Phi) is 46.8. The van der Waals surface area contributed by atoms with Crippen LogP contribution in [0.25, 0.3) is 0 Å². The first-order valence-electron chi connectivity index (χ1n) is 25.8. The molecule has 0 bridgehead atoms. The first kappa shape index (κ1) is 56.9. The van der Waals surface area contributed by atoms with Crippen molar-refractivity contribution >= 4 is 17.9 Å². The van der Waals surface area contributed by atoms with Crippen LogP contribution in [-0.4, -0.2) is 37.2 Å². The molecule has 0 saturated carbocycles. The summed E-state index contributed by atoms with van der Waals surface area (Å²) in [7, 11) is 0. The fourth-order valence-corrected chi connectivity index (χ4v) is 7.49. The van der Waals surface area contributed by atoms with Crippen LogP contribution in [0.1, 0.15) is 278 Å². The van der Waals surface area contributed by atoms with Crippen LogP contribution in [0.15, 0.2) is 24.3 Å². The number of unbranched alkanes of at least 4 members (excludes halogenated alkanes) is 32. The first-order chi connectivity index (χ1) is 29.0. The maximum atomic E-state index is 12.8. The Balaban J connectivity index is 4.35. The topological polar surface area (TPSA) is 78.9 Å². The Bertz CT molecular complexity index is 958. The number of hydrogen-bond acceptors (Lipinski definition) is 6. The molecule has 59 heavy (non-hydrogen) atoms. The van der Waals surface area contributed by atoms with E-state index in [9.17, 15) is 14.4 Å². The van der Waals surface area contributed by atoms with Gasteiger partial charge in [-0.25, -0.2) is 0 Å². The molecule has 0 radical (unpaired) electrons. The van der Waals surface area contributed by atoms with Crippen molar-refractivity contribution in [1.29, 1.82) is 0 Å². The lowest BCUT2D eigenvalue weighted by Gasteiger charge is -2.18. The summed E-state index contributed by atoms with van der Waals surface area (Å²) in [6.07, 6.45) is 54.4. The Morgan fingerprint density at radius 1 is 0.322 bits per heavy atom. The molecule has 0 spiro atoms. The number of carbonyl (C=O) groups excluding carboxylic acids is 3. The largest absolute Gasteiger partial charge is 0.462 e. The van der Waals surface area contributed by atoms with Crippen LogP contribution < -0.4 is 0 Å². The zero-order chi connectivity index (χ0) is 43.0. The monoisotopic (exact) mass is 831 g/mol. The Hall–Kier alpha value is -2.11. The van der Waals surface area contributed by atoms with Crippen LogP contribution in [0.2, 0.25) is 0 Å². The first-order valence-corrected chi connectivity index (χ1v) is 25.8. The van der Waals surface area contributed by atoms with Gasteiger partial charge in [0.25, 0.3) is 0 Å². The average molecular weight is 831 g/mol. The summed E-state index contributed by atoms with van der Waals surface area (Å²) in [6.45, 7) is 6.62. The zero-order valence-electron chi connectivity index (χ0n) is 39.5. The minimum Gasteiger partial charge on any atom is -0.462 e. The van der Waals surface area contributed by atoms with E-state index < -0.39 is 6.10 Å². The number of allylic oxidation sites excluding steroid dienone is 4. The highest BCUT2D eigenvalue weighted by molar-refractivity contribution is 5.71. The zero-order valence-corrected chi connectivity index (χ0v) is 39.5. The molecule has 0 aromatic rings. The predicted octanol–water partition coefficient (Wildman–Crippen LogP) is 16.8. The van der Waals surface area contributed by atoms with Gasteiger partial charge in [0, 0.05) is 19.3 Å². The summed E-state index contributed by atoms with van der Waals surface area (Å²) < 4.78 is 16.8. The molecule has 0 unspecified atom stereocenters. The molecule has 0 aliphatic heterocycles. The summed E-state index contributed by atoms with van der Waals surface area (Å²) in [5.41, 5.74) is 0. The normalized spacial score (nSPS) is 12.1. The second kappa shape index (κ2) is 48.6. The van der Waals surface area contributed by atoms with E-state index >= 15 is 0 Å². The molecule has 1 atom stereocenters. The molecule has 346 valence electrons. The lowest BCUT2D eigenvalue weighted by atomic mass is 10.0. The predicted molar refractivity (Wildman–Crippen MR) is 252 cm³/mol. The minimum atomic E-state index is -0.770. The highest BCUT2D eigenvalue weighted by Crippen LogP contribution is 2.15. The summed E-state index contributed by atoms with van der Waals surface area (Å²) in [5, 5.41) is 0. The molecule has 0 amide bonds. The number of esters is 3. The van der Waals surface area contributed by atoms with Crippen LogP contribution in [0, 0.1) is 0 Å². The van der Waals surface area contributed by atoms with Gasteiger partial charge in [-0.2, -0.15) is 0 Å². The van der Waals surface area contributed by atoms with E-state index in [1.54, 1.807) is 0 Å². The van der Waals surface area contributed by atoms with Crippen molar-refractivity contribution in [1.82, 2.24) is 0 Å². The number of ether oxygens (including phenoxy) is 3. The van der Waals surface area contributed by atoms with Gasteiger partial charge < -0.3 is 14.2 Å². The third-order valence-corrected chi connectivity index (χ3v) is 11.4. The lowest BCUT2D eigenvalue weighted by Crippen LogP contribution is -2.30. The third-order valence-electron chi connectivity index (χ3n) is 11.4. The second-order valence-electron chi connectivity index (χ2n) is 17.4. The van der Waals surface area contributed by atoms with Gasteiger partial charge in [-0.3, -0.25) is 14.4 Å². The van der Waals surface area contributed by atoms with Crippen LogP contribution >= 0.6 is 0 Å². The number of hydrogen-bond donors (Lipinski definition) is 0. The van der Waals surface area contributed by atoms with Crippen molar-refractivity contribution in [2.45, 2.75) is 284 Å². The molecule has 0 heterocycles. The van der Waals surface area contributed by atoms with Crippen LogP contribution in [-0.2, 0) is 28.6 Å². The molecule has 6 nitrogen and oxygen atoms in total. The fraction of sp³-hybridized carbons (Fsp3) is 0.868. The maximum Gasteiger partial charge on any atom is 0.306 e. The third kappa shape index (κ3) is 46.8. The molecule has 0 rings (SSSR count). The van der Waals surface area contributed by atoms with Gasteiger partial charge in [-0.05, 0) is 70.6 Å². The molecular formula is C53H98O6. The van der Waals surface area contributed by atoms with Crippen molar-refractivity contribution in [3.63, 3.8) is 0 Å². The molecule has 0 aromatic carbocycles. The number of rotatable bonds is 47. The molecule has 0 saturated heterocycles. The quantitative estimate of drug-likeness (QED) is 0.0263. The van der Waals surface area contributed by atoms with Gasteiger partial charge in [0.05, 0.1) is 0 Å². The lowest BCUT2D eigenvalue weighted by molar-refractivity contribution is -0.167. The van der Waals surface area contributed by atoms with E-state index in [4.69, 9.17) is 14.2 Å². The molecule has 6 heteroatoms. The van der Waals surface area contributed by atoms with Gasteiger partial charge >= 0.3 is 17.9 Å². The molecule has 0 aliphatic rings. The maximum absolute atomic E-state index is 12.8. The Morgan fingerprint density at radius 2 is 0.559 bits per heavy atom. The highest BCUT2D eigenvalue weighted by Gasteiger charge is 2.19. The van der Waals surface area contributed by atoms with E-state index in [0.717, 1.165) is 64.2 Å². The molecule has 0 aromatic heterocycles. The summed E-state index contributed by atoms with van der Waals surface area (Å²) in [6, 6.07) is 0. The summed E-state index contributed by atoms with van der Waals surface area (Å²) in [4.78, 5) is 37.9. The van der Waals surface area contributed by atoms with E-state index in [-0.39, 0.29) is 31.1 Å². The van der Waals surface area contributed by atoms with Gasteiger partial charge in [0.2, 0.25) is 0 Å². The van der Waals surface area contributed by atoms with Crippen molar-refractivity contribution < 1.29 is 28.6 Å². The standard InChI is InChI=1S/C53H98O6/c1-4-7-10-13-16-19-22-25-26-29-31-34-37-40-43-46-52(55)58-49-50(59-53(56)47-44-41-38-35-32-28-24-21-18-15-12-9-6-3)48-57-51(54)45-42-39-36-33-30-27-23-20-17-14-11-8-5-2/h19-20,22-23,50H,4-18,21,24-49H2,1-3H3/b22-19-,23-20-/t50-/m1/s1. The number of carbonyl (C=O) groups is 3. The van der Waals surface area contributed by atoms with Gasteiger partial charge in [0.15, 0.2) is 6.10 Å². The van der Waals surface area contributed by atoms with Gasteiger partial charge in [-0.1, -0.05) is 212 Å². The van der Waals surface area contributed by atoms with Crippen LogP contribution in [0.5, 0.6) is 0 Å².